The summed E-state index contributed by atoms with van der Waals surface area (Å²) in [5.41, 5.74) is 3.36. The summed E-state index contributed by atoms with van der Waals surface area (Å²) in [4.78, 5) is 31.6. The molecule has 1 aromatic carbocycles. The van der Waals surface area contributed by atoms with Crippen molar-refractivity contribution in [3.05, 3.63) is 34.9 Å². The van der Waals surface area contributed by atoms with Crippen LogP contribution >= 0.6 is 0 Å². The van der Waals surface area contributed by atoms with Crippen LogP contribution in [0.1, 0.15) is 63.3 Å². The molecule has 0 saturated carbocycles. The molecule has 0 spiro atoms. The lowest BCUT2D eigenvalue weighted by Gasteiger charge is -2.40. The average molecular weight is 458 g/mol. The van der Waals surface area contributed by atoms with Crippen molar-refractivity contribution in [3.8, 4) is 0 Å². The molecular formula is C26H39N3O4. The number of hydrogen-bond acceptors (Lipinski definition) is 5. The van der Waals surface area contributed by atoms with E-state index in [0.29, 0.717) is 38.3 Å². The second-order valence-electron chi connectivity index (χ2n) is 10.6. The molecule has 1 atom stereocenters. The Bertz CT molecular complexity index is 852. The number of amides is 2. The Labute approximate surface area is 198 Å². The fourth-order valence-electron chi connectivity index (χ4n) is 5.06. The predicted octanol–water partition coefficient (Wildman–Crippen LogP) is 3.61. The summed E-state index contributed by atoms with van der Waals surface area (Å²) in [6, 6.07) is 6.98. The number of rotatable bonds is 3. The number of hydrogen-bond donors (Lipinski definition) is 0. The van der Waals surface area contributed by atoms with Crippen LogP contribution in [0.25, 0.3) is 0 Å². The maximum Gasteiger partial charge on any atom is 0.410 e. The molecule has 0 aliphatic carbocycles. The Morgan fingerprint density at radius 3 is 2.36 bits per heavy atom. The first-order valence-electron chi connectivity index (χ1n) is 12.4. The highest BCUT2D eigenvalue weighted by Crippen LogP contribution is 2.28. The Hall–Kier alpha value is -2.12. The summed E-state index contributed by atoms with van der Waals surface area (Å²) in [7, 11) is 0. The van der Waals surface area contributed by atoms with Crippen LogP contribution in [-0.2, 0) is 27.2 Å². The maximum atomic E-state index is 12.8. The third kappa shape index (κ3) is 5.87. The smallest absolute Gasteiger partial charge is 0.410 e. The van der Waals surface area contributed by atoms with E-state index >= 15 is 0 Å². The number of benzene rings is 1. The van der Waals surface area contributed by atoms with Gasteiger partial charge in [0.25, 0.3) is 0 Å². The number of ether oxygens (including phenoxy) is 2. The van der Waals surface area contributed by atoms with Crippen molar-refractivity contribution < 1.29 is 19.1 Å². The van der Waals surface area contributed by atoms with Gasteiger partial charge in [0.05, 0.1) is 0 Å². The molecule has 2 amide bonds. The lowest BCUT2D eigenvalue weighted by atomic mass is 9.94. The van der Waals surface area contributed by atoms with E-state index in [0.717, 1.165) is 45.4 Å². The van der Waals surface area contributed by atoms with Crippen LogP contribution in [0.4, 0.5) is 4.79 Å². The summed E-state index contributed by atoms with van der Waals surface area (Å²) >= 11 is 0. The molecule has 3 heterocycles. The quantitative estimate of drug-likeness (QED) is 0.694. The van der Waals surface area contributed by atoms with Gasteiger partial charge in [0.2, 0.25) is 5.91 Å². The van der Waals surface area contributed by atoms with Gasteiger partial charge in [-0.1, -0.05) is 18.2 Å². The van der Waals surface area contributed by atoms with Crippen molar-refractivity contribution in [2.24, 2.45) is 5.92 Å². The lowest BCUT2D eigenvalue weighted by Crippen LogP contribution is -2.51. The van der Waals surface area contributed by atoms with E-state index < -0.39 is 5.60 Å². The number of piperazine rings is 1. The van der Waals surface area contributed by atoms with Crippen molar-refractivity contribution in [1.82, 2.24) is 14.7 Å². The largest absolute Gasteiger partial charge is 0.444 e. The van der Waals surface area contributed by atoms with Crippen LogP contribution in [0, 0.1) is 5.92 Å². The maximum absolute atomic E-state index is 12.8. The Kier molecular flexibility index (Phi) is 7.29. The molecule has 2 saturated heterocycles. The van der Waals surface area contributed by atoms with Crippen molar-refractivity contribution in [2.45, 2.75) is 65.1 Å². The molecule has 7 nitrogen and oxygen atoms in total. The van der Waals surface area contributed by atoms with Crippen LogP contribution in [0.2, 0.25) is 0 Å². The minimum absolute atomic E-state index is 0.142. The van der Waals surface area contributed by atoms with Gasteiger partial charge >= 0.3 is 6.09 Å². The molecule has 182 valence electrons. The Balaban J connectivity index is 1.32. The first-order chi connectivity index (χ1) is 15.7. The molecule has 3 aliphatic rings. The van der Waals surface area contributed by atoms with Gasteiger partial charge in [-0.3, -0.25) is 9.69 Å². The summed E-state index contributed by atoms with van der Waals surface area (Å²) < 4.78 is 11.0. The van der Waals surface area contributed by atoms with Gasteiger partial charge in [-0.25, -0.2) is 4.79 Å². The third-order valence-corrected chi connectivity index (χ3v) is 7.12. The van der Waals surface area contributed by atoms with Crippen molar-refractivity contribution in [3.63, 3.8) is 0 Å². The fraction of sp³-hybridized carbons (Fsp3) is 0.692. The number of carbonyl (C=O) groups excluding carboxylic acids is 2. The van der Waals surface area contributed by atoms with Crippen LogP contribution in [0.5, 0.6) is 0 Å². The number of carbonyl (C=O) groups is 2. The van der Waals surface area contributed by atoms with E-state index in [-0.39, 0.29) is 12.0 Å². The first-order valence-corrected chi connectivity index (χ1v) is 12.4. The molecule has 1 aromatic rings. The SMILES string of the molecule is CC(c1ccc2c(c1)CCN(C(=O)OC(C)(C)C)C2)N1CCN(C(=O)C2CCOCC2)CC1. The highest BCUT2D eigenvalue weighted by atomic mass is 16.6. The van der Waals surface area contributed by atoms with Gasteiger partial charge in [-0.05, 0) is 63.6 Å². The van der Waals surface area contributed by atoms with Gasteiger partial charge in [-0.15, -0.1) is 0 Å². The van der Waals surface area contributed by atoms with Crippen LogP contribution in [0.3, 0.4) is 0 Å². The summed E-state index contributed by atoms with van der Waals surface area (Å²) in [6.45, 7) is 14.1. The van der Waals surface area contributed by atoms with Crippen LogP contribution in [-0.4, -0.2) is 78.2 Å². The van der Waals surface area contributed by atoms with E-state index in [2.05, 4.69) is 34.9 Å². The van der Waals surface area contributed by atoms with Crippen LogP contribution < -0.4 is 0 Å². The highest BCUT2D eigenvalue weighted by Gasteiger charge is 2.31. The molecule has 3 aliphatic heterocycles. The topological polar surface area (TPSA) is 62.3 Å². The van der Waals surface area contributed by atoms with Gasteiger partial charge in [0.1, 0.15) is 5.60 Å². The standard InChI is InChI=1S/C26H39N3O4/c1-19(27-11-13-28(14-12-27)24(30)20-8-15-32-16-9-20)21-5-6-23-18-29(10-7-22(23)17-21)25(31)33-26(2,3)4/h5-6,17,19-20H,7-16,18H2,1-4H3. The van der Waals surface area contributed by atoms with E-state index in [4.69, 9.17) is 9.47 Å². The van der Waals surface area contributed by atoms with Crippen molar-refractivity contribution >= 4 is 12.0 Å². The fourth-order valence-corrected chi connectivity index (χ4v) is 5.06. The molecule has 7 heteroatoms. The molecule has 0 bridgehead atoms. The Morgan fingerprint density at radius 2 is 1.70 bits per heavy atom. The normalized spacial score (nSPS) is 21.5. The van der Waals surface area contributed by atoms with Crippen LogP contribution in [0.15, 0.2) is 18.2 Å². The highest BCUT2D eigenvalue weighted by molar-refractivity contribution is 5.79. The second kappa shape index (κ2) is 10.0. The molecule has 1 unspecified atom stereocenters. The molecule has 0 N–H and O–H groups in total. The molecule has 33 heavy (non-hydrogen) atoms. The summed E-state index contributed by atoms with van der Waals surface area (Å²) in [5.74, 6) is 0.456. The second-order valence-corrected chi connectivity index (χ2v) is 10.6. The van der Waals surface area contributed by atoms with Gasteiger partial charge in [0, 0.05) is 64.4 Å². The Morgan fingerprint density at radius 1 is 1.00 bits per heavy atom. The first kappa shape index (κ1) is 24.0. The van der Waals surface area contributed by atoms with Gasteiger partial charge in [0.15, 0.2) is 0 Å². The van der Waals surface area contributed by atoms with E-state index in [1.165, 1.54) is 16.7 Å². The minimum Gasteiger partial charge on any atom is -0.444 e. The number of nitrogens with zero attached hydrogens (tertiary/aromatic N) is 3. The minimum atomic E-state index is -0.476. The van der Waals surface area contributed by atoms with Crippen molar-refractivity contribution in [2.75, 3.05) is 45.9 Å². The van der Waals surface area contributed by atoms with Crippen molar-refractivity contribution in [1.29, 1.82) is 0 Å². The summed E-state index contributed by atoms with van der Waals surface area (Å²) in [6.07, 6.45) is 2.33. The zero-order chi connectivity index (χ0) is 23.6. The molecular weight excluding hydrogens is 418 g/mol. The van der Waals surface area contributed by atoms with Gasteiger partial charge in [-0.2, -0.15) is 0 Å². The van der Waals surface area contributed by atoms with E-state index in [1.807, 2.05) is 20.8 Å². The lowest BCUT2D eigenvalue weighted by molar-refractivity contribution is -0.140. The van der Waals surface area contributed by atoms with Gasteiger partial charge < -0.3 is 19.3 Å². The van der Waals surface area contributed by atoms with E-state index in [9.17, 15) is 9.59 Å². The molecule has 0 aromatic heterocycles. The molecule has 4 rings (SSSR count). The zero-order valence-corrected chi connectivity index (χ0v) is 20.6. The average Bonchev–Trinajstić information content (AvgIpc) is 2.82. The predicted molar refractivity (Wildman–Crippen MR) is 127 cm³/mol. The number of fused-ring (bicyclic) bond motifs is 1. The monoisotopic (exact) mass is 457 g/mol. The zero-order valence-electron chi connectivity index (χ0n) is 20.6. The third-order valence-electron chi connectivity index (χ3n) is 7.12. The van der Waals surface area contributed by atoms with E-state index in [1.54, 1.807) is 4.90 Å². The molecule has 0 radical (unpaired) electrons. The summed E-state index contributed by atoms with van der Waals surface area (Å²) in [5, 5.41) is 0. The molecule has 2 fully saturated rings.